The molecule has 0 radical (unpaired) electrons. The number of aromatic nitrogens is 3. The number of nitrogens with zero attached hydrogens (tertiary/aromatic N) is 2. The first kappa shape index (κ1) is 16.4. The summed E-state index contributed by atoms with van der Waals surface area (Å²) in [6, 6.07) is 5.69. The molecule has 1 aromatic carbocycles. The lowest BCUT2D eigenvalue weighted by atomic mass is 10.0. The fraction of sp³-hybridized carbons (Fsp3) is 0.200. The Morgan fingerprint density at radius 2 is 1.88 bits per heavy atom. The quantitative estimate of drug-likeness (QED) is 0.765. The number of alkyl halides is 3. The van der Waals surface area contributed by atoms with E-state index in [4.69, 9.17) is 0 Å². The van der Waals surface area contributed by atoms with Gasteiger partial charge in [0.05, 0.1) is 21.5 Å². The molecule has 24 heavy (non-hydrogen) atoms. The van der Waals surface area contributed by atoms with Gasteiger partial charge >= 0.3 is 6.18 Å². The Balaban J connectivity index is 2.28. The van der Waals surface area contributed by atoms with Crippen LogP contribution in [0, 0.1) is 6.92 Å². The highest BCUT2D eigenvalue weighted by Crippen LogP contribution is 2.37. The summed E-state index contributed by atoms with van der Waals surface area (Å²) >= 11 is 0. The molecule has 3 aromatic rings. The zero-order valence-corrected chi connectivity index (χ0v) is 13.5. The van der Waals surface area contributed by atoms with Crippen LogP contribution < -0.4 is 0 Å². The van der Waals surface area contributed by atoms with Crippen LogP contribution in [0.5, 0.6) is 0 Å². The molecule has 0 saturated carbocycles. The first-order valence-corrected chi connectivity index (χ1v) is 8.69. The van der Waals surface area contributed by atoms with E-state index in [0.717, 1.165) is 6.26 Å². The van der Waals surface area contributed by atoms with Crippen molar-refractivity contribution in [3.63, 3.8) is 0 Å². The van der Waals surface area contributed by atoms with Crippen LogP contribution in [0.25, 0.3) is 22.2 Å². The number of H-pyrrole nitrogens is 1. The highest BCUT2D eigenvalue weighted by Gasteiger charge is 2.36. The van der Waals surface area contributed by atoms with Crippen molar-refractivity contribution in [1.82, 2.24) is 15.2 Å². The molecule has 0 saturated heterocycles. The van der Waals surface area contributed by atoms with Crippen molar-refractivity contribution in [2.24, 2.45) is 0 Å². The minimum atomic E-state index is -4.60. The van der Waals surface area contributed by atoms with E-state index in [9.17, 15) is 21.6 Å². The van der Waals surface area contributed by atoms with Crippen molar-refractivity contribution < 1.29 is 21.6 Å². The number of sulfone groups is 1. The van der Waals surface area contributed by atoms with E-state index in [2.05, 4.69) is 10.1 Å². The number of nitrogens with one attached hydrogen (secondary N) is 1. The first-order chi connectivity index (χ1) is 11.1. The average molecular weight is 355 g/mol. The van der Waals surface area contributed by atoms with Crippen LogP contribution in [0.4, 0.5) is 13.2 Å². The monoisotopic (exact) mass is 355 g/mol. The van der Waals surface area contributed by atoms with Gasteiger partial charge in [-0.15, -0.1) is 0 Å². The zero-order valence-electron chi connectivity index (χ0n) is 12.6. The summed E-state index contributed by atoms with van der Waals surface area (Å²) in [5, 5.41) is 5.53. The number of hydrogen-bond donors (Lipinski definition) is 1. The van der Waals surface area contributed by atoms with E-state index < -0.39 is 21.7 Å². The highest BCUT2D eigenvalue weighted by atomic mass is 32.2. The van der Waals surface area contributed by atoms with Gasteiger partial charge < -0.3 is 0 Å². The number of halogens is 3. The van der Waals surface area contributed by atoms with Gasteiger partial charge in [0.2, 0.25) is 0 Å². The molecule has 0 aliphatic rings. The Morgan fingerprint density at radius 3 is 2.46 bits per heavy atom. The molecule has 2 aromatic heterocycles. The molecule has 5 nitrogen and oxygen atoms in total. The largest absolute Gasteiger partial charge is 0.433 e. The summed E-state index contributed by atoms with van der Waals surface area (Å²) < 4.78 is 62.9. The molecule has 1 N–H and O–H groups in total. The molecule has 0 amide bonds. The number of benzene rings is 1. The van der Waals surface area contributed by atoms with Crippen molar-refractivity contribution in [3.8, 4) is 11.3 Å². The van der Waals surface area contributed by atoms with Crippen molar-refractivity contribution in [3.05, 3.63) is 41.7 Å². The normalized spacial score (nSPS) is 12.7. The summed E-state index contributed by atoms with van der Waals surface area (Å²) in [5.41, 5.74) is 0.0718. The minimum absolute atomic E-state index is 0.0942. The lowest BCUT2D eigenvalue weighted by Crippen LogP contribution is -2.06. The Bertz CT molecular complexity index is 1040. The maximum Gasteiger partial charge on any atom is 0.433 e. The molecule has 0 unspecified atom stereocenters. The molecule has 126 valence electrons. The standard InChI is InChI=1S/C15H12F3N3O2S/c1-8-7-9(3-4-11(8)24(2,22)23)13-12-10(5-6-19-13)20-21-14(12)15(16,17)18/h3-7H,1-2H3,(H,20,21). The predicted molar refractivity (Wildman–Crippen MR) is 82.2 cm³/mol. The molecule has 0 aliphatic carbocycles. The Kier molecular flexibility index (Phi) is 3.63. The lowest BCUT2D eigenvalue weighted by molar-refractivity contribution is -0.139. The van der Waals surface area contributed by atoms with Crippen LogP contribution in [0.3, 0.4) is 0 Å². The molecule has 3 rings (SSSR count). The van der Waals surface area contributed by atoms with Gasteiger partial charge in [0.1, 0.15) is 5.69 Å². The molecule has 0 fully saturated rings. The van der Waals surface area contributed by atoms with Gasteiger partial charge in [-0.2, -0.15) is 18.3 Å². The SMILES string of the molecule is Cc1cc(-c2nccc3n[nH]c(C(F)(F)F)c23)ccc1S(C)(=O)=O. The predicted octanol–water partition coefficient (Wildman–Crippen LogP) is 3.36. The van der Waals surface area contributed by atoms with Crippen LogP contribution in [-0.2, 0) is 16.0 Å². The van der Waals surface area contributed by atoms with Gasteiger partial charge in [-0.05, 0) is 30.7 Å². The third-order valence-corrected chi connectivity index (χ3v) is 4.86. The van der Waals surface area contributed by atoms with Crippen LogP contribution in [0.15, 0.2) is 35.4 Å². The second kappa shape index (κ2) is 5.30. The third kappa shape index (κ3) is 2.75. The Morgan fingerprint density at radius 1 is 1.17 bits per heavy atom. The zero-order chi connectivity index (χ0) is 17.7. The number of aromatic amines is 1. The van der Waals surface area contributed by atoms with Gasteiger partial charge in [0.15, 0.2) is 9.84 Å². The highest BCUT2D eigenvalue weighted by molar-refractivity contribution is 7.90. The Labute approximate surface area is 135 Å². The van der Waals surface area contributed by atoms with E-state index in [1.807, 2.05) is 5.10 Å². The van der Waals surface area contributed by atoms with Crippen LogP contribution in [-0.4, -0.2) is 29.9 Å². The number of pyridine rings is 1. The molecular formula is C15H12F3N3O2S. The third-order valence-electron chi connectivity index (χ3n) is 3.60. The Hall–Kier alpha value is -2.42. The van der Waals surface area contributed by atoms with Gasteiger partial charge in [0.25, 0.3) is 0 Å². The van der Waals surface area contributed by atoms with Crippen molar-refractivity contribution in [2.45, 2.75) is 18.0 Å². The second-order valence-electron chi connectivity index (χ2n) is 5.40. The van der Waals surface area contributed by atoms with Gasteiger partial charge in [0, 0.05) is 18.0 Å². The van der Waals surface area contributed by atoms with E-state index in [1.54, 1.807) is 6.92 Å². The molecule has 2 heterocycles. The maximum absolute atomic E-state index is 13.2. The minimum Gasteiger partial charge on any atom is -0.272 e. The summed E-state index contributed by atoms with van der Waals surface area (Å²) in [7, 11) is -3.41. The fourth-order valence-corrected chi connectivity index (χ4v) is 3.56. The number of aryl methyl sites for hydroxylation is 1. The second-order valence-corrected chi connectivity index (χ2v) is 7.39. The van der Waals surface area contributed by atoms with Gasteiger partial charge in [-0.1, -0.05) is 6.07 Å². The van der Waals surface area contributed by atoms with E-state index >= 15 is 0 Å². The van der Waals surface area contributed by atoms with E-state index in [0.29, 0.717) is 11.1 Å². The number of rotatable bonds is 2. The van der Waals surface area contributed by atoms with Crippen LogP contribution >= 0.6 is 0 Å². The molecule has 0 spiro atoms. The van der Waals surface area contributed by atoms with Crippen molar-refractivity contribution in [1.29, 1.82) is 0 Å². The fourth-order valence-electron chi connectivity index (χ4n) is 2.60. The molecule has 0 bridgehead atoms. The molecule has 0 atom stereocenters. The average Bonchev–Trinajstić information content (AvgIpc) is 2.89. The number of fused-ring (bicyclic) bond motifs is 1. The van der Waals surface area contributed by atoms with Crippen molar-refractivity contribution in [2.75, 3.05) is 6.26 Å². The summed E-state index contributed by atoms with van der Waals surface area (Å²) in [5.74, 6) is 0. The maximum atomic E-state index is 13.2. The van der Waals surface area contributed by atoms with E-state index in [-0.39, 0.29) is 21.5 Å². The topological polar surface area (TPSA) is 75.7 Å². The van der Waals surface area contributed by atoms with Gasteiger partial charge in [-0.3, -0.25) is 10.1 Å². The van der Waals surface area contributed by atoms with Crippen molar-refractivity contribution >= 4 is 20.7 Å². The lowest BCUT2D eigenvalue weighted by Gasteiger charge is -2.09. The summed E-state index contributed by atoms with van der Waals surface area (Å²) in [6.45, 7) is 1.58. The summed E-state index contributed by atoms with van der Waals surface area (Å²) in [4.78, 5) is 4.17. The van der Waals surface area contributed by atoms with Crippen LogP contribution in [0.1, 0.15) is 11.3 Å². The molecule has 9 heteroatoms. The smallest absolute Gasteiger partial charge is 0.272 e. The molecule has 0 aliphatic heterocycles. The van der Waals surface area contributed by atoms with Crippen LogP contribution in [0.2, 0.25) is 0 Å². The van der Waals surface area contributed by atoms with Gasteiger partial charge in [-0.25, -0.2) is 8.42 Å². The number of hydrogen-bond acceptors (Lipinski definition) is 4. The van der Waals surface area contributed by atoms with E-state index in [1.165, 1.54) is 30.5 Å². The molecular weight excluding hydrogens is 343 g/mol. The summed E-state index contributed by atoms with van der Waals surface area (Å²) in [6.07, 6.45) is -2.17. The first-order valence-electron chi connectivity index (χ1n) is 6.80.